The smallest absolute Gasteiger partial charge is 0.289 e. The highest BCUT2D eigenvalue weighted by molar-refractivity contribution is 7.89. The van der Waals surface area contributed by atoms with E-state index in [9.17, 15) is 13.2 Å². The molecular weight excluding hydrogens is 438 g/mol. The second-order valence-corrected chi connectivity index (χ2v) is 9.32. The molecule has 31 heavy (non-hydrogen) atoms. The number of nitrogens with zero attached hydrogens (tertiary/aromatic N) is 3. The molecule has 0 atom stereocenters. The normalized spacial score (nSPS) is 14.9. The maximum absolute atomic E-state index is 12.8. The van der Waals surface area contributed by atoms with Crippen molar-refractivity contribution in [3.63, 3.8) is 0 Å². The van der Waals surface area contributed by atoms with Gasteiger partial charge in [-0.15, -0.1) is 0 Å². The van der Waals surface area contributed by atoms with Gasteiger partial charge in [0.15, 0.2) is 5.76 Å². The topological polar surface area (TPSA) is 94.6 Å². The largest absolute Gasteiger partial charge is 0.451 e. The molecule has 1 fully saturated rings. The number of hydrogen-bond donors (Lipinski definition) is 0. The Hall–Kier alpha value is -3.12. The minimum absolute atomic E-state index is 0.127. The Balaban J connectivity index is 1.43. The van der Waals surface area contributed by atoms with Crippen molar-refractivity contribution in [2.45, 2.75) is 4.90 Å². The van der Waals surface area contributed by atoms with Gasteiger partial charge in [0.25, 0.3) is 5.91 Å². The van der Waals surface area contributed by atoms with E-state index in [1.165, 1.54) is 28.6 Å². The van der Waals surface area contributed by atoms with Gasteiger partial charge in [0, 0.05) is 31.7 Å². The summed E-state index contributed by atoms with van der Waals surface area (Å²) in [6, 6.07) is 18.2. The Kier molecular flexibility index (Phi) is 5.83. The van der Waals surface area contributed by atoms with Crippen LogP contribution in [-0.4, -0.2) is 49.7 Å². The summed E-state index contributed by atoms with van der Waals surface area (Å²) < 4.78 is 32.7. The number of hydrogen-bond acceptors (Lipinski definition) is 5. The molecule has 2 aromatic carbocycles. The summed E-state index contributed by atoms with van der Waals surface area (Å²) in [6.45, 7) is 0.839. The highest BCUT2D eigenvalue weighted by atomic mass is 35.5. The van der Waals surface area contributed by atoms with Crippen LogP contribution in [0.15, 0.2) is 70.0 Å². The molecule has 158 valence electrons. The third kappa shape index (κ3) is 4.21. The molecule has 1 saturated heterocycles. The van der Waals surface area contributed by atoms with Crippen molar-refractivity contribution < 1.29 is 17.6 Å². The molecule has 1 amide bonds. The standard InChI is InChI=1S/C22H18ClN3O4S/c23-19-4-2-1-3-18(19)20-9-10-21(30-20)22(27)25-11-13-26(14-12-25)31(28,29)17-7-5-16(15-24)6-8-17/h1-10H,11-14H2. The molecule has 0 aliphatic carbocycles. The van der Waals surface area contributed by atoms with Crippen molar-refractivity contribution in [2.24, 2.45) is 0 Å². The van der Waals surface area contributed by atoms with E-state index in [-0.39, 0.29) is 42.7 Å². The van der Waals surface area contributed by atoms with Crippen LogP contribution in [0.5, 0.6) is 0 Å². The number of piperazine rings is 1. The number of rotatable bonds is 4. The van der Waals surface area contributed by atoms with Gasteiger partial charge in [-0.2, -0.15) is 9.57 Å². The van der Waals surface area contributed by atoms with Gasteiger partial charge in [0.05, 0.1) is 21.6 Å². The fourth-order valence-corrected chi connectivity index (χ4v) is 5.05. The fourth-order valence-electron chi connectivity index (χ4n) is 3.40. The van der Waals surface area contributed by atoms with Crippen LogP contribution < -0.4 is 0 Å². The number of carbonyl (C=O) groups excluding carboxylic acids is 1. The number of sulfonamides is 1. The summed E-state index contributed by atoms with van der Waals surface area (Å²) in [5.74, 6) is 0.378. The van der Waals surface area contributed by atoms with Crippen LogP contribution in [0.25, 0.3) is 11.3 Å². The summed E-state index contributed by atoms with van der Waals surface area (Å²) in [5, 5.41) is 9.40. The van der Waals surface area contributed by atoms with Crippen molar-refractivity contribution in [1.29, 1.82) is 5.26 Å². The first-order valence-electron chi connectivity index (χ1n) is 9.54. The predicted octanol–water partition coefficient (Wildman–Crippen LogP) is 3.62. The predicted molar refractivity (Wildman–Crippen MR) is 115 cm³/mol. The van der Waals surface area contributed by atoms with Gasteiger partial charge < -0.3 is 9.32 Å². The van der Waals surface area contributed by atoms with Gasteiger partial charge in [-0.3, -0.25) is 4.79 Å². The van der Waals surface area contributed by atoms with Crippen LogP contribution >= 0.6 is 11.6 Å². The number of benzene rings is 2. The van der Waals surface area contributed by atoms with Gasteiger partial charge in [-0.1, -0.05) is 23.7 Å². The van der Waals surface area contributed by atoms with Crippen LogP contribution in [0.3, 0.4) is 0 Å². The molecule has 3 aromatic rings. The monoisotopic (exact) mass is 455 g/mol. The highest BCUT2D eigenvalue weighted by Crippen LogP contribution is 2.29. The van der Waals surface area contributed by atoms with Crippen LogP contribution in [0.2, 0.25) is 5.02 Å². The van der Waals surface area contributed by atoms with Gasteiger partial charge in [-0.25, -0.2) is 8.42 Å². The maximum atomic E-state index is 12.8. The van der Waals surface area contributed by atoms with E-state index in [0.29, 0.717) is 21.9 Å². The molecule has 0 bridgehead atoms. The Morgan fingerprint density at radius 2 is 1.65 bits per heavy atom. The van der Waals surface area contributed by atoms with Crippen molar-refractivity contribution >= 4 is 27.5 Å². The molecule has 1 aliphatic rings. The Labute approximate surface area is 185 Å². The Morgan fingerprint density at radius 3 is 2.29 bits per heavy atom. The second-order valence-electron chi connectivity index (χ2n) is 6.98. The van der Waals surface area contributed by atoms with E-state index in [1.54, 1.807) is 23.1 Å². The van der Waals surface area contributed by atoms with E-state index in [0.717, 1.165) is 0 Å². The number of furan rings is 1. The number of amides is 1. The van der Waals surface area contributed by atoms with E-state index in [1.807, 2.05) is 24.3 Å². The van der Waals surface area contributed by atoms with Gasteiger partial charge in [0.1, 0.15) is 5.76 Å². The molecule has 0 saturated carbocycles. The van der Waals surface area contributed by atoms with Crippen molar-refractivity contribution in [3.8, 4) is 17.4 Å². The molecule has 0 N–H and O–H groups in total. The molecule has 4 rings (SSSR count). The fraction of sp³-hybridized carbons (Fsp3) is 0.182. The summed E-state index contributed by atoms with van der Waals surface area (Å²) in [7, 11) is -3.69. The molecule has 1 aliphatic heterocycles. The van der Waals surface area contributed by atoms with Crippen LogP contribution in [0, 0.1) is 11.3 Å². The maximum Gasteiger partial charge on any atom is 0.289 e. The molecule has 0 spiro atoms. The molecule has 2 heterocycles. The van der Waals surface area contributed by atoms with Crippen molar-refractivity contribution in [2.75, 3.05) is 26.2 Å². The Bertz CT molecular complexity index is 1250. The van der Waals surface area contributed by atoms with E-state index in [2.05, 4.69) is 0 Å². The lowest BCUT2D eigenvalue weighted by Crippen LogP contribution is -2.50. The molecule has 7 nitrogen and oxygen atoms in total. The zero-order valence-electron chi connectivity index (χ0n) is 16.4. The van der Waals surface area contributed by atoms with Crippen molar-refractivity contribution in [3.05, 3.63) is 77.0 Å². The molecular formula is C22H18ClN3O4S. The Morgan fingerprint density at radius 1 is 0.968 bits per heavy atom. The summed E-state index contributed by atoms with van der Waals surface area (Å²) in [6.07, 6.45) is 0. The van der Waals surface area contributed by atoms with Crippen LogP contribution in [-0.2, 0) is 10.0 Å². The minimum atomic E-state index is -3.69. The van der Waals surface area contributed by atoms with Gasteiger partial charge in [-0.05, 0) is 48.5 Å². The average Bonchev–Trinajstić information content (AvgIpc) is 3.29. The zero-order valence-corrected chi connectivity index (χ0v) is 17.9. The SMILES string of the molecule is N#Cc1ccc(S(=O)(=O)N2CCN(C(=O)c3ccc(-c4ccccc4Cl)o3)CC2)cc1. The highest BCUT2D eigenvalue weighted by Gasteiger charge is 2.31. The lowest BCUT2D eigenvalue weighted by atomic mass is 10.2. The number of nitriles is 1. The third-order valence-electron chi connectivity index (χ3n) is 5.10. The molecule has 0 radical (unpaired) electrons. The van der Waals surface area contributed by atoms with Gasteiger partial charge in [0.2, 0.25) is 10.0 Å². The minimum Gasteiger partial charge on any atom is -0.451 e. The third-order valence-corrected chi connectivity index (χ3v) is 7.35. The van der Waals surface area contributed by atoms with Crippen LogP contribution in [0.1, 0.15) is 16.1 Å². The first-order chi connectivity index (χ1) is 14.9. The molecule has 9 heteroatoms. The van der Waals surface area contributed by atoms with Crippen LogP contribution in [0.4, 0.5) is 0 Å². The van der Waals surface area contributed by atoms with Crippen molar-refractivity contribution in [1.82, 2.24) is 9.21 Å². The first-order valence-corrected chi connectivity index (χ1v) is 11.4. The summed E-state index contributed by atoms with van der Waals surface area (Å²) in [5.41, 5.74) is 1.09. The van der Waals surface area contributed by atoms with E-state index >= 15 is 0 Å². The first kappa shape index (κ1) is 21.1. The average molecular weight is 456 g/mol. The number of halogens is 1. The lowest BCUT2D eigenvalue weighted by Gasteiger charge is -2.33. The van der Waals surface area contributed by atoms with Gasteiger partial charge >= 0.3 is 0 Å². The molecule has 0 unspecified atom stereocenters. The van der Waals surface area contributed by atoms with E-state index < -0.39 is 10.0 Å². The van der Waals surface area contributed by atoms with E-state index in [4.69, 9.17) is 21.3 Å². The lowest BCUT2D eigenvalue weighted by molar-refractivity contribution is 0.0667. The summed E-state index contributed by atoms with van der Waals surface area (Å²) >= 11 is 6.19. The second kappa shape index (κ2) is 8.55. The quantitative estimate of drug-likeness (QED) is 0.598. The summed E-state index contributed by atoms with van der Waals surface area (Å²) in [4.78, 5) is 14.5. The molecule has 1 aromatic heterocycles. The number of carbonyl (C=O) groups is 1. The zero-order chi connectivity index (χ0) is 22.0.